The van der Waals surface area contributed by atoms with Crippen LogP contribution in [-0.4, -0.2) is 30.1 Å². The van der Waals surface area contributed by atoms with E-state index in [4.69, 9.17) is 16.3 Å². The van der Waals surface area contributed by atoms with Crippen LogP contribution in [0.3, 0.4) is 0 Å². The Labute approximate surface area is 131 Å². The Hall–Kier alpha value is -2.15. The molecule has 0 bridgehead atoms. The van der Waals surface area contributed by atoms with Crippen LogP contribution in [-0.2, 0) is 9.53 Å². The molecule has 0 spiro atoms. The zero-order valence-electron chi connectivity index (χ0n) is 12.1. The molecule has 1 fully saturated rings. The van der Waals surface area contributed by atoms with Gasteiger partial charge >= 0.3 is 12.0 Å². The molecule has 22 heavy (non-hydrogen) atoms. The van der Waals surface area contributed by atoms with Crippen molar-refractivity contribution in [1.29, 1.82) is 0 Å². The number of urea groups is 1. The number of hydrogen-bond acceptors (Lipinski definition) is 4. The summed E-state index contributed by atoms with van der Waals surface area (Å²) in [7, 11) is 0. The van der Waals surface area contributed by atoms with Crippen LogP contribution >= 0.6 is 11.6 Å². The van der Waals surface area contributed by atoms with Gasteiger partial charge in [-0.15, -0.1) is 0 Å². The first-order valence-electron chi connectivity index (χ1n) is 6.57. The zero-order valence-corrected chi connectivity index (χ0v) is 12.9. The lowest BCUT2D eigenvalue weighted by Gasteiger charge is -2.16. The highest BCUT2D eigenvalue weighted by Gasteiger charge is 2.38. The zero-order chi connectivity index (χ0) is 16.6. The number of nitrogens with zero attached hydrogens (tertiary/aromatic N) is 1. The lowest BCUT2D eigenvalue weighted by molar-refractivity contribution is -0.118. The second-order valence-electron chi connectivity index (χ2n) is 5.08. The Morgan fingerprint density at radius 2 is 2.05 bits per heavy atom. The van der Waals surface area contributed by atoms with E-state index in [1.807, 2.05) is 0 Å². The Morgan fingerprint density at radius 1 is 1.41 bits per heavy atom. The summed E-state index contributed by atoms with van der Waals surface area (Å²) in [6.07, 6.45) is -0.395. The number of rotatable bonds is 3. The molecule has 0 aliphatic carbocycles. The molecule has 1 saturated heterocycles. The molecule has 2 rings (SSSR count). The second-order valence-corrected chi connectivity index (χ2v) is 5.49. The number of halogens is 2. The molecule has 0 unspecified atom stereocenters. The van der Waals surface area contributed by atoms with Gasteiger partial charge in [-0.2, -0.15) is 0 Å². The van der Waals surface area contributed by atoms with Crippen molar-refractivity contribution in [3.63, 3.8) is 0 Å². The molecule has 6 nitrogen and oxygen atoms in total. The van der Waals surface area contributed by atoms with E-state index >= 15 is 0 Å². The van der Waals surface area contributed by atoms with Gasteiger partial charge in [0.2, 0.25) is 0 Å². The van der Waals surface area contributed by atoms with Gasteiger partial charge in [-0.05, 0) is 32.9 Å². The number of esters is 1. The summed E-state index contributed by atoms with van der Waals surface area (Å²) in [5.74, 6) is -2.26. The fraction of sp³-hybridized carbons (Fsp3) is 0.357. The molecule has 3 amide bonds. The average Bonchev–Trinajstić information content (AvgIpc) is 2.63. The maximum Gasteiger partial charge on any atom is 0.339 e. The maximum atomic E-state index is 14.1. The van der Waals surface area contributed by atoms with Gasteiger partial charge in [0.05, 0.1) is 22.4 Å². The molecule has 1 aromatic carbocycles. The van der Waals surface area contributed by atoms with Crippen molar-refractivity contribution in [3.8, 4) is 0 Å². The number of nitrogens with one attached hydrogen (secondary N) is 1. The maximum absolute atomic E-state index is 14.1. The van der Waals surface area contributed by atoms with Crippen LogP contribution in [0.2, 0.25) is 5.02 Å². The smallest absolute Gasteiger partial charge is 0.339 e. The van der Waals surface area contributed by atoms with E-state index < -0.39 is 35.9 Å². The van der Waals surface area contributed by atoms with E-state index in [0.29, 0.717) is 4.90 Å². The molecular formula is C14H14ClFN2O4. The predicted molar refractivity (Wildman–Crippen MR) is 77.4 cm³/mol. The summed E-state index contributed by atoms with van der Waals surface area (Å²) in [6.45, 7) is 4.77. The first-order valence-corrected chi connectivity index (χ1v) is 6.94. The van der Waals surface area contributed by atoms with E-state index in [1.165, 1.54) is 6.92 Å². The summed E-state index contributed by atoms with van der Waals surface area (Å²) in [5.41, 5.74) is -0.459. The van der Waals surface area contributed by atoms with E-state index in [2.05, 4.69) is 5.32 Å². The van der Waals surface area contributed by atoms with Crippen molar-refractivity contribution >= 4 is 35.2 Å². The summed E-state index contributed by atoms with van der Waals surface area (Å²) < 4.78 is 19.1. The Balaban J connectivity index is 2.47. The summed E-state index contributed by atoms with van der Waals surface area (Å²) in [6, 6.07) is 0.380. The predicted octanol–water partition coefficient (Wildman–Crippen LogP) is 2.49. The number of imide groups is 1. The fourth-order valence-electron chi connectivity index (χ4n) is 1.98. The highest BCUT2D eigenvalue weighted by Crippen LogP contribution is 2.29. The largest absolute Gasteiger partial charge is 0.459 e. The first-order chi connectivity index (χ1) is 10.2. The Kier molecular flexibility index (Phi) is 4.37. The van der Waals surface area contributed by atoms with Gasteiger partial charge in [-0.3, -0.25) is 4.79 Å². The molecule has 1 aliphatic heterocycles. The average molecular weight is 329 g/mol. The number of anilines is 1. The molecule has 1 N–H and O–H groups in total. The van der Waals surface area contributed by atoms with Crippen LogP contribution in [0.1, 0.15) is 31.1 Å². The van der Waals surface area contributed by atoms with Gasteiger partial charge in [0, 0.05) is 0 Å². The van der Waals surface area contributed by atoms with Crippen LogP contribution < -0.4 is 10.2 Å². The quantitative estimate of drug-likeness (QED) is 0.683. The monoisotopic (exact) mass is 328 g/mol. The minimum atomic E-state index is -0.885. The molecule has 8 heteroatoms. The third-order valence-electron chi connectivity index (χ3n) is 2.97. The van der Waals surface area contributed by atoms with Crippen LogP contribution in [0.25, 0.3) is 0 Å². The minimum Gasteiger partial charge on any atom is -0.459 e. The first kappa shape index (κ1) is 16.2. The van der Waals surface area contributed by atoms with Gasteiger partial charge in [0.1, 0.15) is 11.9 Å². The minimum absolute atomic E-state index is 0.119. The second kappa shape index (κ2) is 5.92. The van der Waals surface area contributed by atoms with Crippen molar-refractivity contribution in [2.24, 2.45) is 0 Å². The summed E-state index contributed by atoms with van der Waals surface area (Å²) in [5, 5.41) is 2.20. The lowest BCUT2D eigenvalue weighted by Crippen LogP contribution is -2.32. The summed E-state index contributed by atoms with van der Waals surface area (Å²) in [4.78, 5) is 36.3. The van der Waals surface area contributed by atoms with Gasteiger partial charge < -0.3 is 10.1 Å². The van der Waals surface area contributed by atoms with Gasteiger partial charge in [-0.1, -0.05) is 11.6 Å². The highest BCUT2D eigenvalue weighted by molar-refractivity contribution is 6.34. The van der Waals surface area contributed by atoms with E-state index in [1.54, 1.807) is 13.8 Å². The van der Waals surface area contributed by atoms with Crippen LogP contribution in [0, 0.1) is 5.82 Å². The number of ether oxygens (including phenoxy) is 1. The topological polar surface area (TPSA) is 75.7 Å². The fourth-order valence-corrected chi connectivity index (χ4v) is 2.20. The van der Waals surface area contributed by atoms with Crippen molar-refractivity contribution in [2.75, 3.05) is 4.90 Å². The van der Waals surface area contributed by atoms with Crippen molar-refractivity contribution in [1.82, 2.24) is 5.32 Å². The molecule has 1 heterocycles. The molecule has 0 aromatic heterocycles. The molecule has 118 valence electrons. The number of carbonyl (C=O) groups is 3. The van der Waals surface area contributed by atoms with Crippen molar-refractivity contribution < 1.29 is 23.5 Å². The third kappa shape index (κ3) is 2.89. The number of amides is 3. The Bertz CT molecular complexity index is 662. The SMILES string of the molecule is CC(C)OC(=O)c1cc(N2C(=O)N[C@H](C)C2=O)c(F)cc1Cl. The molecule has 1 aromatic rings. The van der Waals surface area contributed by atoms with Crippen LogP contribution in [0.5, 0.6) is 0 Å². The molecule has 1 atom stereocenters. The van der Waals surface area contributed by atoms with E-state index in [0.717, 1.165) is 12.1 Å². The normalized spacial score (nSPS) is 17.9. The van der Waals surface area contributed by atoms with Crippen molar-refractivity contribution in [2.45, 2.75) is 32.9 Å². The van der Waals surface area contributed by atoms with Gasteiger partial charge in [0.25, 0.3) is 5.91 Å². The lowest BCUT2D eigenvalue weighted by atomic mass is 10.1. The number of hydrogen-bond donors (Lipinski definition) is 1. The number of carbonyl (C=O) groups excluding carboxylic acids is 3. The standard InChI is InChI=1S/C14H14ClFN2O4/c1-6(2)22-13(20)8-4-11(10(16)5-9(8)15)18-12(19)7(3)17-14(18)21/h4-7H,1-3H3,(H,17,21)/t7-/m1/s1. The molecule has 0 saturated carbocycles. The number of benzene rings is 1. The van der Waals surface area contributed by atoms with Crippen LogP contribution in [0.15, 0.2) is 12.1 Å². The van der Waals surface area contributed by atoms with Gasteiger partial charge in [0.15, 0.2) is 0 Å². The Morgan fingerprint density at radius 3 is 2.55 bits per heavy atom. The molecule has 0 radical (unpaired) electrons. The third-order valence-corrected chi connectivity index (χ3v) is 3.29. The molecular weight excluding hydrogens is 315 g/mol. The van der Waals surface area contributed by atoms with Gasteiger partial charge in [-0.25, -0.2) is 18.9 Å². The van der Waals surface area contributed by atoms with Crippen LogP contribution in [0.4, 0.5) is 14.9 Å². The molecule has 1 aliphatic rings. The van der Waals surface area contributed by atoms with Crippen molar-refractivity contribution in [3.05, 3.63) is 28.5 Å². The highest BCUT2D eigenvalue weighted by atomic mass is 35.5. The van der Waals surface area contributed by atoms with E-state index in [-0.39, 0.29) is 16.3 Å². The summed E-state index contributed by atoms with van der Waals surface area (Å²) >= 11 is 5.84. The van der Waals surface area contributed by atoms with E-state index in [9.17, 15) is 18.8 Å².